The molecule has 0 heterocycles. The quantitative estimate of drug-likeness (QED) is 0.722. The molecule has 0 aromatic heterocycles. The Balaban J connectivity index is 2.19. The number of ether oxygens (including phenoxy) is 2. The smallest absolute Gasteiger partial charge is 0.245 e. The first-order chi connectivity index (χ1) is 13.5. The van der Waals surface area contributed by atoms with E-state index in [2.05, 4.69) is 5.32 Å². The maximum absolute atomic E-state index is 12.9. The first-order valence-corrected chi connectivity index (χ1v) is 9.21. The number of nitrogens with zero attached hydrogens (tertiary/aromatic N) is 1. The van der Waals surface area contributed by atoms with Crippen molar-refractivity contribution in [2.24, 2.45) is 0 Å². The van der Waals surface area contributed by atoms with Gasteiger partial charge in [0.05, 0.1) is 19.8 Å². The normalized spacial score (nSPS) is 12.7. The summed E-state index contributed by atoms with van der Waals surface area (Å²) in [7, 11) is 3.12. The van der Waals surface area contributed by atoms with Crippen molar-refractivity contribution in [2.45, 2.75) is 32.5 Å². The molecule has 0 unspecified atom stereocenters. The molecule has 0 aliphatic carbocycles. The third kappa shape index (κ3) is 5.57. The molecule has 0 aliphatic heterocycles. The molecule has 2 atom stereocenters. The lowest BCUT2D eigenvalue weighted by Gasteiger charge is -2.35. The van der Waals surface area contributed by atoms with Crippen LogP contribution in [0.5, 0.6) is 5.75 Å². The zero-order chi connectivity index (χ0) is 20.5. The van der Waals surface area contributed by atoms with Crippen LogP contribution in [-0.2, 0) is 20.9 Å². The maximum atomic E-state index is 12.9. The lowest BCUT2D eigenvalue weighted by atomic mass is 10.0. The van der Waals surface area contributed by atoms with Crippen molar-refractivity contribution >= 4 is 11.8 Å². The average molecular weight is 384 g/mol. The van der Waals surface area contributed by atoms with E-state index in [1.165, 1.54) is 14.0 Å². The van der Waals surface area contributed by atoms with Crippen molar-refractivity contribution in [3.05, 3.63) is 65.7 Å². The minimum Gasteiger partial charge on any atom is -0.497 e. The first kappa shape index (κ1) is 21.4. The fourth-order valence-corrected chi connectivity index (χ4v) is 3.15. The van der Waals surface area contributed by atoms with Gasteiger partial charge in [0.1, 0.15) is 11.8 Å². The summed E-state index contributed by atoms with van der Waals surface area (Å²) in [6.45, 7) is 3.87. The van der Waals surface area contributed by atoms with Crippen LogP contribution < -0.4 is 10.1 Å². The van der Waals surface area contributed by atoms with Crippen LogP contribution in [0.1, 0.15) is 31.0 Å². The molecule has 6 heteroatoms. The number of carbonyl (C=O) groups excluding carboxylic acids is 2. The van der Waals surface area contributed by atoms with Gasteiger partial charge >= 0.3 is 0 Å². The predicted octanol–water partition coefficient (Wildman–Crippen LogP) is 2.94. The molecule has 2 amide bonds. The van der Waals surface area contributed by atoms with Crippen molar-refractivity contribution in [3.8, 4) is 5.75 Å². The van der Waals surface area contributed by atoms with Gasteiger partial charge in [-0.25, -0.2) is 0 Å². The Kier molecular flexibility index (Phi) is 8.02. The van der Waals surface area contributed by atoms with E-state index in [4.69, 9.17) is 9.47 Å². The first-order valence-electron chi connectivity index (χ1n) is 9.21. The van der Waals surface area contributed by atoms with E-state index in [-0.39, 0.29) is 24.5 Å². The van der Waals surface area contributed by atoms with Gasteiger partial charge in [-0.15, -0.1) is 0 Å². The maximum Gasteiger partial charge on any atom is 0.245 e. The van der Waals surface area contributed by atoms with Crippen LogP contribution in [0.15, 0.2) is 54.6 Å². The van der Waals surface area contributed by atoms with Crippen molar-refractivity contribution in [2.75, 3.05) is 20.8 Å². The third-order valence-corrected chi connectivity index (χ3v) is 4.65. The number of benzene rings is 2. The Morgan fingerprint density at radius 1 is 1.04 bits per heavy atom. The van der Waals surface area contributed by atoms with Crippen molar-refractivity contribution < 1.29 is 19.1 Å². The Morgan fingerprint density at radius 3 is 2.21 bits per heavy atom. The zero-order valence-corrected chi connectivity index (χ0v) is 16.8. The summed E-state index contributed by atoms with van der Waals surface area (Å²) in [5.41, 5.74) is 1.90. The molecular weight excluding hydrogens is 356 g/mol. The van der Waals surface area contributed by atoms with Gasteiger partial charge < -0.3 is 19.7 Å². The topological polar surface area (TPSA) is 67.9 Å². The minimum absolute atomic E-state index is 0.112. The van der Waals surface area contributed by atoms with Crippen LogP contribution in [0.25, 0.3) is 0 Å². The van der Waals surface area contributed by atoms with Crippen LogP contribution in [0.3, 0.4) is 0 Å². The van der Waals surface area contributed by atoms with E-state index in [1.807, 2.05) is 61.5 Å². The van der Waals surface area contributed by atoms with E-state index in [9.17, 15) is 9.59 Å². The molecular formula is C22H28N2O4. The lowest BCUT2D eigenvalue weighted by molar-refractivity contribution is -0.143. The molecule has 28 heavy (non-hydrogen) atoms. The Bertz CT molecular complexity index is 762. The van der Waals surface area contributed by atoms with E-state index in [0.29, 0.717) is 6.54 Å². The fraction of sp³-hybridized carbons (Fsp3) is 0.364. The number of carbonyl (C=O) groups is 2. The molecule has 0 fully saturated rings. The van der Waals surface area contributed by atoms with Crippen molar-refractivity contribution in [3.63, 3.8) is 0 Å². The molecule has 0 aliphatic rings. The van der Waals surface area contributed by atoms with Crippen molar-refractivity contribution in [1.29, 1.82) is 0 Å². The Hall–Kier alpha value is -2.86. The lowest BCUT2D eigenvalue weighted by Crippen LogP contribution is -2.52. The van der Waals surface area contributed by atoms with Gasteiger partial charge in [0, 0.05) is 20.6 Å². The van der Waals surface area contributed by atoms with Crippen LogP contribution in [0, 0.1) is 0 Å². The second kappa shape index (κ2) is 10.5. The van der Waals surface area contributed by atoms with Gasteiger partial charge in [-0.2, -0.15) is 0 Å². The van der Waals surface area contributed by atoms with E-state index >= 15 is 0 Å². The standard InChI is InChI=1S/C22H28N2O4/c1-16(19-10-12-20(28-4)13-11-19)24(17(2)25)21(15-27-3)22(26)23-14-18-8-6-5-7-9-18/h5-13,16,21H,14-15H2,1-4H3,(H,23,26)/t16-,21-/m1/s1. The summed E-state index contributed by atoms with van der Waals surface area (Å²) in [6, 6.07) is 16.1. The monoisotopic (exact) mass is 384 g/mol. The summed E-state index contributed by atoms with van der Waals surface area (Å²) >= 11 is 0. The van der Waals surface area contributed by atoms with E-state index < -0.39 is 6.04 Å². The molecule has 2 rings (SSSR count). The highest BCUT2D eigenvalue weighted by Gasteiger charge is 2.32. The summed E-state index contributed by atoms with van der Waals surface area (Å²) in [5.74, 6) is 0.292. The second-order valence-corrected chi connectivity index (χ2v) is 6.55. The fourth-order valence-electron chi connectivity index (χ4n) is 3.15. The zero-order valence-electron chi connectivity index (χ0n) is 16.8. The average Bonchev–Trinajstić information content (AvgIpc) is 2.72. The summed E-state index contributed by atoms with van der Waals surface area (Å²) in [6.07, 6.45) is 0. The van der Waals surface area contributed by atoms with Gasteiger partial charge in [0.2, 0.25) is 11.8 Å². The number of hydrogen-bond acceptors (Lipinski definition) is 4. The van der Waals surface area contributed by atoms with Gasteiger partial charge in [-0.05, 0) is 30.2 Å². The molecule has 2 aromatic rings. The van der Waals surface area contributed by atoms with Crippen LogP contribution in [-0.4, -0.2) is 43.6 Å². The highest BCUT2D eigenvalue weighted by Crippen LogP contribution is 2.25. The van der Waals surface area contributed by atoms with Crippen molar-refractivity contribution in [1.82, 2.24) is 10.2 Å². The molecule has 0 saturated carbocycles. The van der Waals surface area contributed by atoms with Gasteiger partial charge in [0.25, 0.3) is 0 Å². The van der Waals surface area contributed by atoms with Gasteiger partial charge in [0.15, 0.2) is 0 Å². The Labute approximate surface area is 166 Å². The molecule has 6 nitrogen and oxygen atoms in total. The molecule has 0 spiro atoms. The summed E-state index contributed by atoms with van der Waals surface area (Å²) < 4.78 is 10.4. The Morgan fingerprint density at radius 2 is 1.68 bits per heavy atom. The molecule has 150 valence electrons. The van der Waals surface area contributed by atoms with Gasteiger partial charge in [-0.3, -0.25) is 9.59 Å². The van der Waals surface area contributed by atoms with Crippen LogP contribution in [0.4, 0.5) is 0 Å². The minimum atomic E-state index is -0.733. The van der Waals surface area contributed by atoms with E-state index in [1.54, 1.807) is 12.0 Å². The van der Waals surface area contributed by atoms with E-state index in [0.717, 1.165) is 16.9 Å². The number of nitrogens with one attached hydrogen (secondary N) is 1. The highest BCUT2D eigenvalue weighted by molar-refractivity contribution is 5.87. The largest absolute Gasteiger partial charge is 0.497 e. The predicted molar refractivity (Wildman–Crippen MR) is 108 cm³/mol. The SMILES string of the molecule is COC[C@H](C(=O)NCc1ccccc1)N(C(C)=O)[C@H](C)c1ccc(OC)cc1. The number of rotatable bonds is 9. The third-order valence-electron chi connectivity index (χ3n) is 4.65. The number of methoxy groups -OCH3 is 2. The summed E-state index contributed by atoms with van der Waals surface area (Å²) in [4.78, 5) is 26.9. The second-order valence-electron chi connectivity index (χ2n) is 6.55. The number of amides is 2. The number of hydrogen-bond donors (Lipinski definition) is 1. The van der Waals surface area contributed by atoms with Crippen LogP contribution in [0.2, 0.25) is 0 Å². The highest BCUT2D eigenvalue weighted by atomic mass is 16.5. The molecule has 1 N–H and O–H groups in total. The molecule has 0 bridgehead atoms. The molecule has 0 radical (unpaired) electrons. The van der Waals surface area contributed by atoms with Crippen LogP contribution >= 0.6 is 0 Å². The van der Waals surface area contributed by atoms with Gasteiger partial charge in [-0.1, -0.05) is 42.5 Å². The molecule has 2 aromatic carbocycles. The molecule has 0 saturated heterocycles. The summed E-state index contributed by atoms with van der Waals surface area (Å²) in [5, 5.41) is 2.91.